The van der Waals surface area contributed by atoms with E-state index in [1.54, 1.807) is 76.2 Å². The van der Waals surface area contributed by atoms with Gasteiger partial charge in [0.2, 0.25) is 94.5 Å². The van der Waals surface area contributed by atoms with Gasteiger partial charge in [0.25, 0.3) is 0 Å². The molecule has 3 aliphatic heterocycles. The SMILES string of the molecule is CCC(C)[C@H](NC(=O)[C@@H]1C[C@@H](O)CN1C(=O)[C@@](C)(CC)NC(C)=O)C(=O)N[C@@](C)(CC)C(=O)N[C@@H](CC(C)C)C(=O)NC(C)(C)C(=O)NC(C)(C)C(=O)NC(C)(C)C(=O)N1C[C@H](O)C[C@@H]1C(=O)N[C@@H](CC(C)C)C(=O)N[C@@](C)(CC)C(=O)NC(C)(C)C(=O)N1C[C@H](O)C[C@@H]1C(=O)NC(C)(CC)C(=O)NC(C)(CC)C(=O)NCC(=O)O. The van der Waals surface area contributed by atoms with Crippen LogP contribution in [0.3, 0.4) is 0 Å². The first-order chi connectivity index (χ1) is 52.6. The number of rotatable bonds is 40. The van der Waals surface area contributed by atoms with Gasteiger partial charge >= 0.3 is 5.97 Å². The maximum atomic E-state index is 14.7. The molecule has 0 aromatic heterocycles. The Kier molecular flexibility index (Phi) is 34.5. The van der Waals surface area contributed by atoms with E-state index in [4.69, 9.17) is 5.11 Å². The van der Waals surface area contributed by atoms with Crippen molar-refractivity contribution >= 4 is 100 Å². The number of likely N-dealkylation sites (tertiary alicyclic amines) is 3. The van der Waals surface area contributed by atoms with Crippen molar-refractivity contribution in [3.8, 4) is 0 Å². The lowest BCUT2D eigenvalue weighted by atomic mass is 9.91. The van der Waals surface area contributed by atoms with E-state index in [1.165, 1.54) is 102 Å². The fourth-order valence-corrected chi connectivity index (χ4v) is 13.5. The monoisotopic (exact) mass is 1630 g/mol. The van der Waals surface area contributed by atoms with Crippen LogP contribution in [0.5, 0.6) is 0 Å². The number of carboxylic acid groups (broad SMARTS) is 1. The van der Waals surface area contributed by atoms with Crippen molar-refractivity contribution in [1.82, 2.24) is 83.8 Å². The summed E-state index contributed by atoms with van der Waals surface area (Å²) in [5.41, 5.74) is -15.6. The van der Waals surface area contributed by atoms with Gasteiger partial charge in [-0.15, -0.1) is 0 Å². The van der Waals surface area contributed by atoms with E-state index in [0.717, 1.165) is 9.80 Å². The second-order valence-corrected chi connectivity index (χ2v) is 35.3. The van der Waals surface area contributed by atoms with Gasteiger partial charge in [0.1, 0.15) is 92.6 Å². The fraction of sp³-hybridized carbons (Fsp3) is 0.782. The van der Waals surface area contributed by atoms with E-state index < -0.39 is 224 Å². The summed E-state index contributed by atoms with van der Waals surface area (Å²) in [6.07, 6.45) is -3.85. The minimum Gasteiger partial charge on any atom is -0.480 e. The Morgan fingerprint density at radius 1 is 0.365 bits per heavy atom. The summed E-state index contributed by atoms with van der Waals surface area (Å²) in [4.78, 5) is 240. The van der Waals surface area contributed by atoms with Crippen LogP contribution in [-0.4, -0.2) is 266 Å². The minimum absolute atomic E-state index is 0.0145. The Bertz CT molecular complexity index is 3640. The zero-order valence-electron chi connectivity index (χ0n) is 72.1. The number of nitrogens with one attached hydrogen (secondary N) is 13. The molecule has 16 amide bonds. The predicted octanol–water partition coefficient (Wildman–Crippen LogP) is -1.31. The molecule has 0 bridgehead atoms. The fourth-order valence-electron chi connectivity index (χ4n) is 13.5. The molecule has 3 rings (SSSR count). The zero-order chi connectivity index (χ0) is 88.8. The van der Waals surface area contributed by atoms with Crippen molar-refractivity contribution in [2.45, 2.75) is 348 Å². The number of hydrogen-bond acceptors (Lipinski definition) is 20. The first-order valence-corrected chi connectivity index (χ1v) is 39.9. The van der Waals surface area contributed by atoms with Crippen LogP contribution in [0.15, 0.2) is 0 Å². The van der Waals surface area contributed by atoms with Gasteiger partial charge in [-0.25, -0.2) is 0 Å². The number of amides is 16. The van der Waals surface area contributed by atoms with E-state index in [1.807, 2.05) is 0 Å². The van der Waals surface area contributed by atoms with E-state index in [-0.39, 0.29) is 89.1 Å². The van der Waals surface area contributed by atoms with E-state index >= 15 is 0 Å². The van der Waals surface area contributed by atoms with Gasteiger partial charge in [-0.05, 0) is 153 Å². The molecule has 0 aliphatic carbocycles. The van der Waals surface area contributed by atoms with E-state index in [0.29, 0.717) is 6.42 Å². The smallest absolute Gasteiger partial charge is 0.322 e. The largest absolute Gasteiger partial charge is 0.480 e. The average molecular weight is 1630 g/mol. The van der Waals surface area contributed by atoms with Crippen molar-refractivity contribution < 1.29 is 102 Å². The van der Waals surface area contributed by atoms with Crippen LogP contribution < -0.4 is 69.1 Å². The second kappa shape index (κ2) is 39.7. The Labute approximate surface area is 675 Å². The van der Waals surface area contributed by atoms with Crippen LogP contribution >= 0.6 is 0 Å². The highest BCUT2D eigenvalue weighted by Gasteiger charge is 2.53. The molecular weight excluding hydrogens is 1500 g/mol. The van der Waals surface area contributed by atoms with Crippen LogP contribution in [0.2, 0.25) is 0 Å². The third-order valence-electron chi connectivity index (χ3n) is 22.4. The molecule has 0 saturated carbocycles. The molecular formula is C78H134N16O21. The summed E-state index contributed by atoms with van der Waals surface area (Å²) in [6, 6.07) is -7.97. The molecule has 17 N–H and O–H groups in total. The van der Waals surface area contributed by atoms with Crippen molar-refractivity contribution in [1.29, 1.82) is 0 Å². The van der Waals surface area contributed by atoms with Gasteiger partial charge in [0.05, 0.1) is 18.3 Å². The number of aliphatic hydroxyl groups excluding tert-OH is 3. The van der Waals surface area contributed by atoms with Crippen molar-refractivity contribution in [3.63, 3.8) is 0 Å². The number of carbonyl (C=O) groups excluding carboxylic acids is 16. The Balaban J connectivity index is 1.78. The molecule has 652 valence electrons. The number of β-amino-alcohol motifs (C(OH)–C–C–N with tert-alkyl or cyclic N) is 3. The maximum Gasteiger partial charge on any atom is 0.322 e. The molecule has 15 atom stereocenters. The number of hydrogen-bond donors (Lipinski definition) is 17. The summed E-state index contributed by atoms with van der Waals surface area (Å²) in [7, 11) is 0. The van der Waals surface area contributed by atoms with Gasteiger partial charge in [-0.1, -0.05) is 82.6 Å². The van der Waals surface area contributed by atoms with E-state index in [2.05, 4.69) is 69.1 Å². The molecule has 0 radical (unpaired) electrons. The summed E-state index contributed by atoms with van der Waals surface area (Å²) in [5, 5.41) is 76.1. The normalized spacial score (nSPS) is 21.6. The number of nitrogens with zero attached hydrogens (tertiary/aromatic N) is 3. The van der Waals surface area contributed by atoms with Crippen LogP contribution in [0.1, 0.15) is 244 Å². The number of carbonyl (C=O) groups is 17. The second-order valence-electron chi connectivity index (χ2n) is 35.3. The first kappa shape index (κ1) is 100. The summed E-state index contributed by atoms with van der Waals surface area (Å²) >= 11 is 0. The van der Waals surface area contributed by atoms with Gasteiger partial charge in [0, 0.05) is 45.8 Å². The first-order valence-electron chi connectivity index (χ1n) is 39.9. The van der Waals surface area contributed by atoms with Crippen molar-refractivity contribution in [2.75, 3.05) is 26.2 Å². The molecule has 3 fully saturated rings. The Morgan fingerprint density at radius 3 is 1.11 bits per heavy atom. The van der Waals surface area contributed by atoms with Gasteiger partial charge < -0.3 is 104 Å². The molecule has 0 spiro atoms. The molecule has 37 nitrogen and oxygen atoms in total. The molecule has 115 heavy (non-hydrogen) atoms. The molecule has 0 aromatic carbocycles. The molecule has 3 saturated heterocycles. The van der Waals surface area contributed by atoms with Crippen molar-refractivity contribution in [2.24, 2.45) is 17.8 Å². The third-order valence-corrected chi connectivity index (χ3v) is 22.4. The molecule has 3 heterocycles. The zero-order valence-corrected chi connectivity index (χ0v) is 72.1. The van der Waals surface area contributed by atoms with Crippen LogP contribution in [-0.2, 0) is 81.5 Å². The highest BCUT2D eigenvalue weighted by atomic mass is 16.4. The topological polar surface area (TPSA) is 537 Å². The maximum absolute atomic E-state index is 14.7. The molecule has 0 aromatic rings. The number of aliphatic hydroxyl groups is 3. The van der Waals surface area contributed by atoms with Crippen LogP contribution in [0, 0.1) is 17.8 Å². The highest BCUT2D eigenvalue weighted by Crippen LogP contribution is 2.30. The minimum atomic E-state index is -1.87. The Hall–Kier alpha value is -9.13. The quantitative estimate of drug-likeness (QED) is 0.0339. The lowest BCUT2D eigenvalue weighted by Crippen LogP contribution is -2.68. The standard InChI is InChI=1S/C78H134N16O21/c1-26-43(11)54(82-58(104)51-35-46(97)40-94(51)69(115)78(25,31-6)83-44(12)95)60(106)87-75(22,28-3)64(110)81-49(33-42(9)10)55(101)84-70(13,14)61(107)88-71(15,16)62(108)89-72(17,18)67(113)92-38-45(96)34-50(92)57(103)80-48(32-41(7)8)56(102)85-76(23,29-4)65(111)90-73(19,20)68(114)93-39-47(98)36-52(93)59(105)86-77(24,30-5)66(112)91-74(21,27-2)63(109)79-37-53(99)100/h41-43,45-52,54,96-98H,26-40H2,1-25H3,(H,79,109)(H,80,103)(H,81,110)(H,82,104)(H,83,95)(H,84,101)(H,85,102)(H,86,105)(H,87,106)(H,88,107)(H,89,108)(H,90,111)(H,91,112)(H,99,100)/t43?,45-,46-,47-,48+,49+,50-,51+,52-,54+,74?,75+,76+,77?,78-/m1/s1. The van der Waals surface area contributed by atoms with Gasteiger partial charge in [0.15, 0.2) is 0 Å². The van der Waals surface area contributed by atoms with Crippen molar-refractivity contribution in [3.05, 3.63) is 0 Å². The van der Waals surface area contributed by atoms with Crippen LogP contribution in [0.25, 0.3) is 0 Å². The highest BCUT2D eigenvalue weighted by molar-refractivity contribution is 6.04. The predicted molar refractivity (Wildman–Crippen MR) is 422 cm³/mol. The molecule has 3 unspecified atom stereocenters. The van der Waals surface area contributed by atoms with Crippen LogP contribution in [0.4, 0.5) is 0 Å². The molecule has 3 aliphatic rings. The number of aliphatic carboxylic acids is 1. The lowest BCUT2D eigenvalue weighted by molar-refractivity contribution is -0.147. The third kappa shape index (κ3) is 25.7. The van der Waals surface area contributed by atoms with Gasteiger partial charge in [-0.2, -0.15) is 0 Å². The number of carboxylic acids is 1. The molecule has 37 heteroatoms. The summed E-state index contributed by atoms with van der Waals surface area (Å²) < 4.78 is 0. The average Bonchev–Trinajstić information content (AvgIpc) is 1.73. The lowest BCUT2D eigenvalue weighted by Gasteiger charge is -2.38. The Morgan fingerprint density at radius 2 is 0.704 bits per heavy atom. The van der Waals surface area contributed by atoms with E-state index in [9.17, 15) is 96.8 Å². The van der Waals surface area contributed by atoms with Gasteiger partial charge in [-0.3, -0.25) is 81.5 Å². The summed E-state index contributed by atoms with van der Waals surface area (Å²) in [5.74, 6) is -15.1. The summed E-state index contributed by atoms with van der Waals surface area (Å²) in [6.45, 7) is 36.0.